The number of nitrogens with zero attached hydrogens (tertiary/aromatic N) is 5. The van der Waals surface area contributed by atoms with Gasteiger partial charge in [0.25, 0.3) is 0 Å². The summed E-state index contributed by atoms with van der Waals surface area (Å²) >= 11 is 1.56. The number of aromatic nitrogens is 5. The van der Waals surface area contributed by atoms with Gasteiger partial charge in [-0.3, -0.25) is 0 Å². The van der Waals surface area contributed by atoms with Gasteiger partial charge >= 0.3 is 0 Å². The summed E-state index contributed by atoms with van der Waals surface area (Å²) in [5.41, 5.74) is 5.68. The van der Waals surface area contributed by atoms with Crippen LogP contribution in [0.2, 0.25) is 0 Å². The summed E-state index contributed by atoms with van der Waals surface area (Å²) in [7, 11) is 0. The van der Waals surface area contributed by atoms with Crippen molar-refractivity contribution in [3.05, 3.63) is 17.5 Å². The van der Waals surface area contributed by atoms with Crippen LogP contribution in [0, 0.1) is 5.92 Å². The van der Waals surface area contributed by atoms with E-state index in [-0.39, 0.29) is 0 Å². The maximum Gasteiger partial charge on any atom is 0.226 e. The molecule has 0 radical (unpaired) electrons. The highest BCUT2D eigenvalue weighted by molar-refractivity contribution is 7.98. The third kappa shape index (κ3) is 4.28. The minimum Gasteiger partial charge on any atom is -0.339 e. The van der Waals surface area contributed by atoms with E-state index in [0.29, 0.717) is 29.9 Å². The highest BCUT2D eigenvalue weighted by Crippen LogP contribution is 2.21. The third-order valence-electron chi connectivity index (χ3n) is 2.85. The molecule has 2 heterocycles. The zero-order valence-electron chi connectivity index (χ0n) is 12.7. The molecule has 0 aliphatic rings. The van der Waals surface area contributed by atoms with E-state index >= 15 is 0 Å². The van der Waals surface area contributed by atoms with E-state index in [9.17, 15) is 0 Å². The fraction of sp³-hybridized carbons (Fsp3) is 0.692. The highest BCUT2D eigenvalue weighted by Gasteiger charge is 2.13. The summed E-state index contributed by atoms with van der Waals surface area (Å²) < 4.78 is 7.29. The van der Waals surface area contributed by atoms with Crippen LogP contribution in [0.5, 0.6) is 0 Å². The Morgan fingerprint density at radius 3 is 2.81 bits per heavy atom. The van der Waals surface area contributed by atoms with Gasteiger partial charge in [0.2, 0.25) is 5.89 Å². The minimum atomic E-state index is 0.397. The Hall–Kier alpha value is -1.41. The van der Waals surface area contributed by atoms with Crippen molar-refractivity contribution >= 4 is 11.8 Å². The zero-order chi connectivity index (χ0) is 15.2. The van der Waals surface area contributed by atoms with E-state index in [0.717, 1.165) is 30.4 Å². The maximum absolute atomic E-state index is 5.68. The Bertz CT molecular complexity index is 565. The number of thioether (sulfide) groups is 1. The van der Waals surface area contributed by atoms with Crippen LogP contribution in [-0.4, -0.2) is 24.9 Å². The van der Waals surface area contributed by atoms with E-state index in [1.54, 1.807) is 11.8 Å². The molecular formula is C13H22N6OS. The van der Waals surface area contributed by atoms with Gasteiger partial charge in [0.1, 0.15) is 5.82 Å². The summed E-state index contributed by atoms with van der Waals surface area (Å²) in [6.45, 7) is 7.63. The van der Waals surface area contributed by atoms with Crippen LogP contribution in [0.3, 0.4) is 0 Å². The SMILES string of the molecule is CCCn1c(CN)nnc1SCc1noc(CC(C)C)n1. The zero-order valence-corrected chi connectivity index (χ0v) is 13.6. The van der Waals surface area contributed by atoms with Gasteiger partial charge in [-0.15, -0.1) is 10.2 Å². The molecule has 0 bridgehead atoms. The predicted molar refractivity (Wildman–Crippen MR) is 80.6 cm³/mol. The molecule has 0 atom stereocenters. The molecule has 8 heteroatoms. The first kappa shape index (κ1) is 16.0. The Balaban J connectivity index is 1.99. The van der Waals surface area contributed by atoms with Crippen molar-refractivity contribution < 1.29 is 4.52 Å². The molecule has 0 unspecified atom stereocenters. The van der Waals surface area contributed by atoms with E-state index in [2.05, 4.69) is 45.7 Å². The highest BCUT2D eigenvalue weighted by atomic mass is 32.2. The molecule has 0 aromatic carbocycles. The molecule has 2 rings (SSSR count). The van der Waals surface area contributed by atoms with Gasteiger partial charge < -0.3 is 14.8 Å². The van der Waals surface area contributed by atoms with Crippen molar-refractivity contribution in [2.24, 2.45) is 11.7 Å². The van der Waals surface area contributed by atoms with Crippen molar-refractivity contribution in [1.82, 2.24) is 24.9 Å². The van der Waals surface area contributed by atoms with Crippen molar-refractivity contribution in [1.29, 1.82) is 0 Å². The van der Waals surface area contributed by atoms with Gasteiger partial charge in [-0.2, -0.15) is 4.98 Å². The fourth-order valence-corrected chi connectivity index (χ4v) is 2.76. The summed E-state index contributed by atoms with van der Waals surface area (Å²) in [5, 5.41) is 13.2. The first-order chi connectivity index (χ1) is 10.1. The Kier molecular flexibility index (Phi) is 5.75. The molecule has 2 N–H and O–H groups in total. The van der Waals surface area contributed by atoms with Crippen LogP contribution in [0.1, 0.15) is 44.7 Å². The second kappa shape index (κ2) is 7.56. The molecule has 2 aromatic rings. The van der Waals surface area contributed by atoms with Gasteiger partial charge in [0.05, 0.1) is 12.3 Å². The first-order valence-corrected chi connectivity index (χ1v) is 8.19. The maximum atomic E-state index is 5.68. The van der Waals surface area contributed by atoms with Gasteiger partial charge in [0.15, 0.2) is 11.0 Å². The van der Waals surface area contributed by atoms with Crippen LogP contribution < -0.4 is 5.73 Å². The molecule has 0 aliphatic carbocycles. The number of rotatable bonds is 8. The Labute approximate surface area is 128 Å². The van der Waals surface area contributed by atoms with Crippen LogP contribution in [0.15, 0.2) is 9.68 Å². The predicted octanol–water partition coefficient (Wildman–Crippen LogP) is 2.02. The topological polar surface area (TPSA) is 95.7 Å². The molecule has 0 saturated heterocycles. The van der Waals surface area contributed by atoms with Gasteiger partial charge in [-0.05, 0) is 12.3 Å². The monoisotopic (exact) mass is 310 g/mol. The first-order valence-electron chi connectivity index (χ1n) is 7.20. The molecule has 0 spiro atoms. The van der Waals surface area contributed by atoms with Crippen molar-refractivity contribution in [2.75, 3.05) is 0 Å². The lowest BCUT2D eigenvalue weighted by Gasteiger charge is -2.06. The molecule has 0 aliphatic heterocycles. The molecule has 21 heavy (non-hydrogen) atoms. The molecule has 0 saturated carbocycles. The summed E-state index contributed by atoms with van der Waals surface area (Å²) in [6, 6.07) is 0. The van der Waals surface area contributed by atoms with Crippen molar-refractivity contribution in [2.45, 2.75) is 57.6 Å². The van der Waals surface area contributed by atoms with Gasteiger partial charge in [-0.25, -0.2) is 0 Å². The van der Waals surface area contributed by atoms with Crippen molar-refractivity contribution in [3.8, 4) is 0 Å². The van der Waals surface area contributed by atoms with E-state index in [1.807, 2.05) is 0 Å². The normalized spacial score (nSPS) is 11.5. The van der Waals surface area contributed by atoms with Crippen LogP contribution in [0.4, 0.5) is 0 Å². The molecule has 7 nitrogen and oxygen atoms in total. The number of hydrogen-bond acceptors (Lipinski definition) is 7. The summed E-state index contributed by atoms with van der Waals surface area (Å²) in [6.07, 6.45) is 1.82. The molecule has 2 aromatic heterocycles. The van der Waals surface area contributed by atoms with Gasteiger partial charge in [-0.1, -0.05) is 37.7 Å². The van der Waals surface area contributed by atoms with Gasteiger partial charge in [0, 0.05) is 13.0 Å². The Morgan fingerprint density at radius 2 is 2.14 bits per heavy atom. The van der Waals surface area contributed by atoms with Crippen LogP contribution in [0.25, 0.3) is 0 Å². The molecule has 116 valence electrons. The fourth-order valence-electron chi connectivity index (χ4n) is 1.93. The second-order valence-corrected chi connectivity index (χ2v) is 6.19. The molecule has 0 fully saturated rings. The smallest absolute Gasteiger partial charge is 0.226 e. The summed E-state index contributed by atoms with van der Waals surface area (Å²) in [4.78, 5) is 4.39. The number of hydrogen-bond donors (Lipinski definition) is 1. The lowest BCUT2D eigenvalue weighted by Crippen LogP contribution is -2.09. The lowest BCUT2D eigenvalue weighted by molar-refractivity contribution is 0.360. The van der Waals surface area contributed by atoms with E-state index in [1.165, 1.54) is 0 Å². The third-order valence-corrected chi connectivity index (χ3v) is 3.81. The Morgan fingerprint density at radius 1 is 1.33 bits per heavy atom. The van der Waals surface area contributed by atoms with E-state index in [4.69, 9.17) is 10.3 Å². The standard InChI is InChI=1S/C13H22N6OS/c1-4-5-19-11(7-14)16-17-13(19)21-8-10-15-12(20-18-10)6-9(2)3/h9H,4-8,14H2,1-3H3. The molecular weight excluding hydrogens is 288 g/mol. The van der Waals surface area contributed by atoms with E-state index < -0.39 is 0 Å². The molecule has 0 amide bonds. The summed E-state index contributed by atoms with van der Waals surface area (Å²) in [5.74, 6) is 3.32. The quantitative estimate of drug-likeness (QED) is 0.745. The second-order valence-electron chi connectivity index (χ2n) is 5.25. The van der Waals surface area contributed by atoms with Crippen LogP contribution in [-0.2, 0) is 25.3 Å². The largest absolute Gasteiger partial charge is 0.339 e. The average Bonchev–Trinajstić information content (AvgIpc) is 3.03. The lowest BCUT2D eigenvalue weighted by atomic mass is 10.1. The van der Waals surface area contributed by atoms with Crippen molar-refractivity contribution in [3.63, 3.8) is 0 Å². The van der Waals surface area contributed by atoms with Crippen LogP contribution >= 0.6 is 11.8 Å². The average molecular weight is 310 g/mol. The minimum absolute atomic E-state index is 0.397. The number of nitrogens with two attached hydrogens (primary N) is 1.